The topological polar surface area (TPSA) is 52.6 Å². The summed E-state index contributed by atoms with van der Waals surface area (Å²) in [4.78, 5) is 25.4. The van der Waals surface area contributed by atoms with E-state index in [1.54, 1.807) is 0 Å². The molecule has 0 atom stereocenters. The molecule has 210 valence electrons. The van der Waals surface area contributed by atoms with E-state index >= 15 is 0 Å². The lowest BCUT2D eigenvalue weighted by molar-refractivity contribution is -0.145. The van der Waals surface area contributed by atoms with Crippen molar-refractivity contribution in [3.63, 3.8) is 0 Å². The van der Waals surface area contributed by atoms with Crippen LogP contribution in [0.2, 0.25) is 0 Å². The lowest BCUT2D eigenvalue weighted by Crippen LogP contribution is -2.30. The summed E-state index contributed by atoms with van der Waals surface area (Å²) in [6, 6.07) is 15.9. The highest BCUT2D eigenvalue weighted by Crippen LogP contribution is 2.31. The molecule has 4 heteroatoms. The zero-order valence-electron chi connectivity index (χ0n) is 23.7. The summed E-state index contributed by atoms with van der Waals surface area (Å²) in [6.45, 7) is 4.47. The molecule has 4 nitrogen and oxygen atoms in total. The Kier molecular flexibility index (Phi) is 13.4. The minimum atomic E-state index is -0.186. The van der Waals surface area contributed by atoms with Crippen molar-refractivity contribution in [1.29, 1.82) is 0 Å². The van der Waals surface area contributed by atoms with Crippen LogP contribution in [0.3, 0.4) is 0 Å². The van der Waals surface area contributed by atoms with E-state index in [0.717, 1.165) is 12.8 Å². The number of aryl methyl sites for hydroxylation is 2. The average molecular weight is 523 g/mol. The summed E-state index contributed by atoms with van der Waals surface area (Å²) in [5, 5.41) is 0. The second-order valence-electron chi connectivity index (χ2n) is 11.0. The summed E-state index contributed by atoms with van der Waals surface area (Å²) in [5.74, 6) is 0.526. The van der Waals surface area contributed by atoms with Gasteiger partial charge in [0, 0.05) is 1.43 Å². The zero-order chi connectivity index (χ0) is 27.0. The number of carbonyl (C=O) groups is 2. The first-order valence-corrected chi connectivity index (χ1v) is 15.2. The molecule has 0 aromatic heterocycles. The molecule has 1 aliphatic carbocycles. The molecule has 0 bridgehead atoms. The normalized spacial score (nSPS) is 17.2. The van der Waals surface area contributed by atoms with Gasteiger partial charge >= 0.3 is 11.9 Å². The van der Waals surface area contributed by atoms with Gasteiger partial charge in [0.25, 0.3) is 0 Å². The third kappa shape index (κ3) is 10.6. The van der Waals surface area contributed by atoms with Gasteiger partial charge in [-0.3, -0.25) is 9.59 Å². The van der Waals surface area contributed by atoms with Crippen LogP contribution >= 0.6 is 0 Å². The summed E-state index contributed by atoms with van der Waals surface area (Å²) in [7, 11) is 0. The molecule has 0 amide bonds. The van der Waals surface area contributed by atoms with E-state index < -0.39 is 0 Å². The lowest BCUT2D eigenvalue weighted by Gasteiger charge is -2.25. The Morgan fingerprint density at radius 1 is 0.579 bits per heavy atom. The number of hydrogen-bond donors (Lipinski definition) is 0. The SMILES string of the molecule is CCCCCCCc1ccc(OC(=O)C2CCC(C(=O)Oc3ccc(CCCCCCC)cc3)CC2)cc1.[HH]. The van der Waals surface area contributed by atoms with Crippen LogP contribution in [0.5, 0.6) is 11.5 Å². The Labute approximate surface area is 232 Å². The van der Waals surface area contributed by atoms with Gasteiger partial charge in [0.15, 0.2) is 0 Å². The molecule has 2 aromatic carbocycles. The van der Waals surface area contributed by atoms with E-state index in [0.29, 0.717) is 37.2 Å². The number of unbranched alkanes of at least 4 members (excludes halogenated alkanes) is 8. The van der Waals surface area contributed by atoms with Gasteiger partial charge in [-0.25, -0.2) is 0 Å². The van der Waals surface area contributed by atoms with E-state index in [2.05, 4.69) is 38.1 Å². The monoisotopic (exact) mass is 522 g/mol. The molecular weight excluding hydrogens is 472 g/mol. The summed E-state index contributed by atoms with van der Waals surface area (Å²) in [6.07, 6.45) is 17.5. The third-order valence-electron chi connectivity index (χ3n) is 7.82. The van der Waals surface area contributed by atoms with E-state index in [1.807, 2.05) is 24.3 Å². The molecule has 0 N–H and O–H groups in total. The predicted octanol–water partition coefficient (Wildman–Crippen LogP) is 9.28. The van der Waals surface area contributed by atoms with Crippen LogP contribution in [-0.2, 0) is 22.4 Å². The highest BCUT2D eigenvalue weighted by Gasteiger charge is 2.32. The average Bonchev–Trinajstić information content (AvgIpc) is 2.94. The smallest absolute Gasteiger partial charge is 0.314 e. The molecule has 0 radical (unpaired) electrons. The number of rotatable bonds is 16. The highest BCUT2D eigenvalue weighted by atomic mass is 16.5. The van der Waals surface area contributed by atoms with Crippen molar-refractivity contribution in [3.05, 3.63) is 59.7 Å². The van der Waals surface area contributed by atoms with Gasteiger partial charge in [-0.05, 0) is 86.8 Å². The lowest BCUT2D eigenvalue weighted by atomic mass is 9.82. The Balaban J connectivity index is 0.00000533. The first-order chi connectivity index (χ1) is 18.6. The second-order valence-corrected chi connectivity index (χ2v) is 11.0. The largest absolute Gasteiger partial charge is 0.426 e. The first kappa shape index (κ1) is 29.9. The third-order valence-corrected chi connectivity index (χ3v) is 7.82. The maximum atomic E-state index is 12.7. The minimum absolute atomic E-state index is 0. The minimum Gasteiger partial charge on any atom is -0.426 e. The van der Waals surface area contributed by atoms with Gasteiger partial charge in [0.2, 0.25) is 0 Å². The van der Waals surface area contributed by atoms with E-state index in [1.165, 1.54) is 75.3 Å². The number of benzene rings is 2. The van der Waals surface area contributed by atoms with Crippen molar-refractivity contribution in [2.75, 3.05) is 0 Å². The number of ether oxygens (including phenoxy) is 2. The molecular formula is C34H50O4. The molecule has 1 aliphatic rings. The van der Waals surface area contributed by atoms with Gasteiger partial charge in [0.05, 0.1) is 11.8 Å². The molecule has 1 saturated carbocycles. The van der Waals surface area contributed by atoms with Crippen molar-refractivity contribution in [3.8, 4) is 11.5 Å². The van der Waals surface area contributed by atoms with Gasteiger partial charge in [-0.1, -0.05) is 89.5 Å². The first-order valence-electron chi connectivity index (χ1n) is 15.2. The zero-order valence-corrected chi connectivity index (χ0v) is 23.7. The van der Waals surface area contributed by atoms with Crippen LogP contribution in [0, 0.1) is 11.8 Å². The van der Waals surface area contributed by atoms with E-state index in [4.69, 9.17) is 9.47 Å². The van der Waals surface area contributed by atoms with Crippen LogP contribution < -0.4 is 9.47 Å². The molecule has 0 saturated heterocycles. The highest BCUT2D eigenvalue weighted by molar-refractivity contribution is 5.77. The summed E-state index contributed by atoms with van der Waals surface area (Å²) < 4.78 is 11.3. The van der Waals surface area contributed by atoms with E-state index in [-0.39, 0.29) is 25.2 Å². The molecule has 0 heterocycles. The Hall–Kier alpha value is -2.62. The molecule has 38 heavy (non-hydrogen) atoms. The molecule has 1 fully saturated rings. The fourth-order valence-electron chi connectivity index (χ4n) is 5.28. The van der Waals surface area contributed by atoms with Crippen LogP contribution in [0.15, 0.2) is 48.5 Å². The number of esters is 2. The van der Waals surface area contributed by atoms with Crippen molar-refractivity contribution in [1.82, 2.24) is 0 Å². The Bertz CT molecular complexity index is 867. The van der Waals surface area contributed by atoms with Gasteiger partial charge in [-0.2, -0.15) is 0 Å². The van der Waals surface area contributed by atoms with Crippen molar-refractivity contribution in [2.45, 2.75) is 117 Å². The fraction of sp³-hybridized carbons (Fsp3) is 0.588. The molecule has 0 aliphatic heterocycles. The number of hydrogen-bond acceptors (Lipinski definition) is 4. The van der Waals surface area contributed by atoms with Crippen molar-refractivity contribution in [2.24, 2.45) is 11.8 Å². The quantitative estimate of drug-likeness (QED) is 0.125. The van der Waals surface area contributed by atoms with Crippen LogP contribution in [0.25, 0.3) is 0 Å². The second kappa shape index (κ2) is 17.1. The molecule has 0 spiro atoms. The molecule has 0 unspecified atom stereocenters. The van der Waals surface area contributed by atoms with Crippen LogP contribution in [-0.4, -0.2) is 11.9 Å². The standard InChI is InChI=1S/C34H48O4.H2/c1-3-5-7-9-11-13-27-15-23-31(24-16-27)37-33(35)29-19-21-30(22-20-29)34(36)38-32-25-17-28(18-26-32)14-12-10-8-6-4-2;/h15-18,23-26,29-30H,3-14,19-22H2,1-2H3;1H. The Morgan fingerprint density at radius 3 is 1.26 bits per heavy atom. The van der Waals surface area contributed by atoms with Crippen molar-refractivity contribution < 1.29 is 20.5 Å². The maximum Gasteiger partial charge on any atom is 0.314 e. The van der Waals surface area contributed by atoms with Gasteiger partial charge in [-0.15, -0.1) is 0 Å². The molecule has 3 rings (SSSR count). The number of carbonyl (C=O) groups excluding carboxylic acids is 2. The van der Waals surface area contributed by atoms with E-state index in [9.17, 15) is 9.59 Å². The van der Waals surface area contributed by atoms with Gasteiger partial charge < -0.3 is 9.47 Å². The summed E-state index contributed by atoms with van der Waals surface area (Å²) in [5.41, 5.74) is 2.58. The predicted molar refractivity (Wildman–Crippen MR) is 157 cm³/mol. The Morgan fingerprint density at radius 2 is 0.921 bits per heavy atom. The summed E-state index contributed by atoms with van der Waals surface area (Å²) >= 11 is 0. The fourth-order valence-corrected chi connectivity index (χ4v) is 5.28. The van der Waals surface area contributed by atoms with Crippen LogP contribution in [0.1, 0.15) is 116 Å². The van der Waals surface area contributed by atoms with Gasteiger partial charge in [0.1, 0.15) is 11.5 Å². The maximum absolute atomic E-state index is 12.7. The van der Waals surface area contributed by atoms with Crippen molar-refractivity contribution >= 4 is 11.9 Å². The van der Waals surface area contributed by atoms with Crippen LogP contribution in [0.4, 0.5) is 0 Å². The molecule has 2 aromatic rings.